The molecule has 2 N–H and O–H groups in total. The lowest BCUT2D eigenvalue weighted by atomic mass is 10.2. The Morgan fingerprint density at radius 1 is 1.25 bits per heavy atom. The van der Waals surface area contributed by atoms with Gasteiger partial charge in [-0.2, -0.15) is 0 Å². The number of phenolic OH excluding ortho intramolecular Hbond substituents is 1. The first-order chi connectivity index (χ1) is 7.79. The summed E-state index contributed by atoms with van der Waals surface area (Å²) >= 11 is 6.20. The van der Waals surface area contributed by atoms with Crippen LogP contribution in [0, 0.1) is 0 Å². The predicted molar refractivity (Wildman–Crippen MR) is 70.5 cm³/mol. The van der Waals surface area contributed by atoms with Crippen molar-refractivity contribution in [1.29, 1.82) is 0 Å². The van der Waals surface area contributed by atoms with Crippen molar-refractivity contribution in [3.8, 4) is 17.0 Å². The average molecular weight is 257 g/mol. The summed E-state index contributed by atoms with van der Waals surface area (Å²) in [6, 6.07) is 7.02. The zero-order valence-corrected chi connectivity index (χ0v) is 10.6. The molecule has 16 heavy (non-hydrogen) atoms. The third kappa shape index (κ3) is 3.12. The number of hydrogen-bond donors (Lipinski definition) is 2. The van der Waals surface area contributed by atoms with Gasteiger partial charge in [0.05, 0.1) is 5.69 Å². The van der Waals surface area contributed by atoms with E-state index >= 15 is 0 Å². The number of benzene rings is 1. The Labute approximate surface area is 104 Å². The first-order valence-electron chi connectivity index (χ1n) is 4.60. The smallest absolute Gasteiger partial charge is 0.182 e. The second kappa shape index (κ2) is 6.35. The Balaban J connectivity index is 0.000000606. The molecule has 0 unspecified atom stereocenters. The van der Waals surface area contributed by atoms with Crippen LogP contribution in [0.4, 0.5) is 5.13 Å². The highest BCUT2D eigenvalue weighted by Gasteiger charge is 2.02. The highest BCUT2D eigenvalue weighted by Crippen LogP contribution is 2.25. The highest BCUT2D eigenvalue weighted by atomic mass is 35.5. The molecule has 2 rings (SSSR count). The number of hydrogen-bond acceptors (Lipinski definition) is 4. The molecule has 0 atom stereocenters. The maximum atomic E-state index is 9.12. The minimum Gasteiger partial charge on any atom is -0.508 e. The van der Waals surface area contributed by atoms with E-state index in [-0.39, 0.29) is 5.75 Å². The summed E-state index contributed by atoms with van der Waals surface area (Å²) in [6.45, 7) is 0. The van der Waals surface area contributed by atoms with Crippen molar-refractivity contribution >= 4 is 28.1 Å². The molecular weight excluding hydrogens is 244 g/mol. The Morgan fingerprint density at radius 2 is 1.88 bits per heavy atom. The van der Waals surface area contributed by atoms with Crippen molar-refractivity contribution in [3.63, 3.8) is 0 Å². The second-order valence-corrected chi connectivity index (χ2v) is 3.69. The molecule has 2 aromatic rings. The number of nitrogens with zero attached hydrogens (tertiary/aromatic N) is 1. The lowest BCUT2D eigenvalue weighted by molar-refractivity contribution is 0.475. The minimum atomic E-state index is 0.276. The maximum Gasteiger partial charge on any atom is 0.182 e. The summed E-state index contributed by atoms with van der Waals surface area (Å²) in [4.78, 5) is 4.35. The van der Waals surface area contributed by atoms with E-state index in [1.54, 1.807) is 23.5 Å². The quantitative estimate of drug-likeness (QED) is 0.810. The minimum absolute atomic E-state index is 0.276. The number of aromatic hydroxyl groups is 1. The van der Waals surface area contributed by atoms with Crippen molar-refractivity contribution in [3.05, 3.63) is 29.6 Å². The van der Waals surface area contributed by atoms with Crippen LogP contribution in [0.1, 0.15) is 0 Å². The fourth-order valence-electron chi connectivity index (χ4n) is 1.15. The van der Waals surface area contributed by atoms with Crippen LogP contribution in [-0.2, 0) is 0 Å². The van der Waals surface area contributed by atoms with Gasteiger partial charge in [-0.15, -0.1) is 22.9 Å². The van der Waals surface area contributed by atoms with Crippen molar-refractivity contribution in [2.75, 3.05) is 18.7 Å². The SMILES string of the molecule is CCl.CNc1nc(-c2ccc(O)cc2)cs1. The van der Waals surface area contributed by atoms with Gasteiger partial charge < -0.3 is 10.4 Å². The summed E-state index contributed by atoms with van der Waals surface area (Å²) in [5, 5.41) is 15.0. The van der Waals surface area contributed by atoms with E-state index in [0.29, 0.717) is 0 Å². The molecule has 0 radical (unpaired) electrons. The largest absolute Gasteiger partial charge is 0.508 e. The first kappa shape index (κ1) is 12.8. The standard InChI is InChI=1S/C10H10N2OS.CH3Cl/c1-11-10-12-9(6-14-10)7-2-4-8(13)5-3-7;1-2/h2-6,13H,1H3,(H,11,12);1H3. The normalized spacial score (nSPS) is 9.19. The lowest BCUT2D eigenvalue weighted by Gasteiger charge is -1.96. The number of nitrogens with one attached hydrogen (secondary N) is 1. The Morgan fingerprint density at radius 3 is 2.38 bits per heavy atom. The van der Waals surface area contributed by atoms with Crippen molar-refractivity contribution in [2.24, 2.45) is 0 Å². The lowest BCUT2D eigenvalue weighted by Crippen LogP contribution is -1.85. The molecule has 0 saturated heterocycles. The second-order valence-electron chi connectivity index (χ2n) is 2.83. The van der Waals surface area contributed by atoms with Crippen LogP contribution in [0.3, 0.4) is 0 Å². The fraction of sp³-hybridized carbons (Fsp3) is 0.182. The molecule has 1 aromatic carbocycles. The molecule has 0 bridgehead atoms. The molecule has 0 amide bonds. The van der Waals surface area contributed by atoms with Gasteiger partial charge in [-0.25, -0.2) is 4.98 Å². The zero-order chi connectivity index (χ0) is 12.0. The van der Waals surface area contributed by atoms with Gasteiger partial charge in [0.25, 0.3) is 0 Å². The van der Waals surface area contributed by atoms with Crippen LogP contribution in [0.5, 0.6) is 5.75 Å². The number of alkyl halides is 1. The Bertz CT molecular complexity index is 428. The van der Waals surface area contributed by atoms with Crippen LogP contribution < -0.4 is 5.32 Å². The molecule has 86 valence electrons. The van der Waals surface area contributed by atoms with Crippen LogP contribution in [0.25, 0.3) is 11.3 Å². The van der Waals surface area contributed by atoms with E-state index in [9.17, 15) is 0 Å². The monoisotopic (exact) mass is 256 g/mol. The molecule has 5 heteroatoms. The van der Waals surface area contributed by atoms with Gasteiger partial charge in [-0.05, 0) is 24.3 Å². The molecule has 0 aliphatic rings. The van der Waals surface area contributed by atoms with Crippen molar-refractivity contribution in [1.82, 2.24) is 4.98 Å². The van der Waals surface area contributed by atoms with E-state index in [1.807, 2.05) is 24.6 Å². The molecule has 3 nitrogen and oxygen atoms in total. The van der Waals surface area contributed by atoms with Crippen LogP contribution >= 0.6 is 22.9 Å². The molecular formula is C11H13ClN2OS. The summed E-state index contributed by atoms with van der Waals surface area (Å²) in [5.41, 5.74) is 1.94. The average Bonchev–Trinajstić information content (AvgIpc) is 2.81. The van der Waals surface area contributed by atoms with Crippen molar-refractivity contribution < 1.29 is 5.11 Å². The number of anilines is 1. The molecule has 0 aliphatic heterocycles. The van der Waals surface area contributed by atoms with E-state index in [0.717, 1.165) is 16.4 Å². The highest BCUT2D eigenvalue weighted by molar-refractivity contribution is 7.14. The van der Waals surface area contributed by atoms with Gasteiger partial charge in [-0.1, -0.05) is 0 Å². The number of thiazole rings is 1. The van der Waals surface area contributed by atoms with Gasteiger partial charge in [0, 0.05) is 24.4 Å². The molecule has 1 aromatic heterocycles. The molecule has 0 saturated carbocycles. The summed E-state index contributed by atoms with van der Waals surface area (Å²) in [6.07, 6.45) is 1.47. The van der Waals surface area contributed by atoms with E-state index < -0.39 is 0 Å². The first-order valence-corrected chi connectivity index (χ1v) is 6.23. The number of phenols is 1. The molecule has 0 aliphatic carbocycles. The van der Waals surface area contributed by atoms with Gasteiger partial charge in [0.1, 0.15) is 5.75 Å². The van der Waals surface area contributed by atoms with Crippen LogP contribution in [0.2, 0.25) is 0 Å². The summed E-state index contributed by atoms with van der Waals surface area (Å²) in [7, 11) is 1.85. The Hall–Kier alpha value is -1.26. The van der Waals surface area contributed by atoms with Crippen LogP contribution in [0.15, 0.2) is 29.6 Å². The maximum absolute atomic E-state index is 9.12. The van der Waals surface area contributed by atoms with Gasteiger partial charge in [0.15, 0.2) is 5.13 Å². The predicted octanol–water partition coefficient (Wildman–Crippen LogP) is 3.41. The Kier molecular flexibility index (Phi) is 5.08. The molecule has 0 spiro atoms. The topological polar surface area (TPSA) is 45.2 Å². The number of aromatic nitrogens is 1. The summed E-state index contributed by atoms with van der Waals surface area (Å²) in [5.74, 6) is 0.276. The van der Waals surface area contributed by atoms with Gasteiger partial charge >= 0.3 is 0 Å². The molecule has 0 fully saturated rings. The van der Waals surface area contributed by atoms with Crippen molar-refractivity contribution in [2.45, 2.75) is 0 Å². The van der Waals surface area contributed by atoms with Gasteiger partial charge in [-0.3, -0.25) is 0 Å². The van der Waals surface area contributed by atoms with Gasteiger partial charge in [0.2, 0.25) is 0 Å². The third-order valence-corrected chi connectivity index (χ3v) is 2.74. The fourth-order valence-corrected chi connectivity index (χ4v) is 1.83. The molecule has 1 heterocycles. The van der Waals surface area contributed by atoms with E-state index in [1.165, 1.54) is 6.38 Å². The van der Waals surface area contributed by atoms with E-state index in [2.05, 4.69) is 21.9 Å². The number of rotatable bonds is 2. The number of halogens is 1. The van der Waals surface area contributed by atoms with Crippen LogP contribution in [-0.4, -0.2) is 23.5 Å². The zero-order valence-electron chi connectivity index (χ0n) is 9.07. The van der Waals surface area contributed by atoms with E-state index in [4.69, 9.17) is 5.11 Å². The summed E-state index contributed by atoms with van der Waals surface area (Å²) < 4.78 is 0. The third-order valence-electron chi connectivity index (χ3n) is 1.88.